The third-order valence-electron chi connectivity index (χ3n) is 4.64. The Balaban J connectivity index is 1.75. The van der Waals surface area contributed by atoms with E-state index in [9.17, 15) is 19.7 Å². The van der Waals surface area contributed by atoms with Crippen LogP contribution in [0.4, 0.5) is 11.4 Å². The van der Waals surface area contributed by atoms with Gasteiger partial charge in [0.15, 0.2) is 6.61 Å². The Morgan fingerprint density at radius 1 is 1.08 bits per heavy atom. The molecule has 3 rings (SSSR count). The standard InChI is InChI=1S/C17H21N3O5/c21-16(19-9-3-4-10-19)12-25-17(22)14-11-13(20(23)24)5-6-15(14)18-7-1-2-8-18/h5-6,11H,1-4,7-10,12H2. The van der Waals surface area contributed by atoms with E-state index in [2.05, 4.69) is 0 Å². The molecule has 0 bridgehead atoms. The molecule has 2 aliphatic rings. The molecule has 0 aromatic heterocycles. The third kappa shape index (κ3) is 3.89. The van der Waals surface area contributed by atoms with Crippen molar-refractivity contribution >= 4 is 23.3 Å². The van der Waals surface area contributed by atoms with Crippen LogP contribution in [0.25, 0.3) is 0 Å². The number of amides is 1. The Labute approximate surface area is 145 Å². The predicted molar refractivity (Wildman–Crippen MR) is 90.6 cm³/mol. The van der Waals surface area contributed by atoms with Crippen molar-refractivity contribution < 1.29 is 19.2 Å². The molecule has 1 aromatic carbocycles. The number of esters is 1. The van der Waals surface area contributed by atoms with Crippen molar-refractivity contribution in [2.75, 3.05) is 37.7 Å². The SMILES string of the molecule is O=C(OCC(=O)N1CCCC1)c1cc([N+](=O)[O-])ccc1N1CCCC1. The highest BCUT2D eigenvalue weighted by Crippen LogP contribution is 2.29. The number of hydrogen-bond acceptors (Lipinski definition) is 6. The predicted octanol–water partition coefficient (Wildman–Crippen LogP) is 1.97. The van der Waals surface area contributed by atoms with Gasteiger partial charge in [-0.05, 0) is 31.7 Å². The van der Waals surface area contributed by atoms with Crippen molar-refractivity contribution in [3.05, 3.63) is 33.9 Å². The molecular formula is C17H21N3O5. The first kappa shape index (κ1) is 17.2. The number of benzene rings is 1. The van der Waals surface area contributed by atoms with E-state index in [1.54, 1.807) is 11.0 Å². The lowest BCUT2D eigenvalue weighted by Crippen LogP contribution is -2.32. The molecule has 0 spiro atoms. The highest BCUT2D eigenvalue weighted by molar-refractivity contribution is 5.97. The van der Waals surface area contributed by atoms with Gasteiger partial charge in [0.2, 0.25) is 0 Å². The van der Waals surface area contributed by atoms with Crippen LogP contribution in [0.2, 0.25) is 0 Å². The molecule has 8 heteroatoms. The lowest BCUT2D eigenvalue weighted by atomic mass is 10.1. The van der Waals surface area contributed by atoms with Gasteiger partial charge in [-0.3, -0.25) is 14.9 Å². The van der Waals surface area contributed by atoms with Gasteiger partial charge in [-0.15, -0.1) is 0 Å². The Morgan fingerprint density at radius 2 is 1.72 bits per heavy atom. The fourth-order valence-corrected chi connectivity index (χ4v) is 3.30. The molecule has 0 N–H and O–H groups in total. The van der Waals surface area contributed by atoms with Crippen molar-refractivity contribution in [2.45, 2.75) is 25.7 Å². The molecule has 134 valence electrons. The van der Waals surface area contributed by atoms with Gasteiger partial charge >= 0.3 is 5.97 Å². The van der Waals surface area contributed by atoms with E-state index in [1.807, 2.05) is 4.90 Å². The molecular weight excluding hydrogens is 326 g/mol. The molecule has 2 fully saturated rings. The minimum atomic E-state index is -0.696. The number of nitrogens with zero attached hydrogens (tertiary/aromatic N) is 3. The van der Waals surface area contributed by atoms with Gasteiger partial charge in [0.25, 0.3) is 11.6 Å². The highest BCUT2D eigenvalue weighted by Gasteiger charge is 2.25. The minimum absolute atomic E-state index is 0.144. The number of hydrogen-bond donors (Lipinski definition) is 0. The zero-order valence-electron chi connectivity index (χ0n) is 14.0. The molecule has 8 nitrogen and oxygen atoms in total. The molecule has 1 amide bonds. The number of likely N-dealkylation sites (tertiary alicyclic amines) is 1. The summed E-state index contributed by atoms with van der Waals surface area (Å²) >= 11 is 0. The molecule has 2 saturated heterocycles. The summed E-state index contributed by atoms with van der Waals surface area (Å²) in [6.45, 7) is 2.63. The number of carbonyl (C=O) groups excluding carboxylic acids is 2. The van der Waals surface area contributed by atoms with Crippen LogP contribution in [-0.2, 0) is 9.53 Å². The quantitative estimate of drug-likeness (QED) is 0.459. The summed E-state index contributed by atoms with van der Waals surface area (Å²) in [4.78, 5) is 38.7. The Morgan fingerprint density at radius 3 is 2.36 bits per heavy atom. The molecule has 1 aromatic rings. The van der Waals surface area contributed by atoms with Gasteiger partial charge in [-0.2, -0.15) is 0 Å². The smallest absolute Gasteiger partial charge is 0.341 e. The summed E-state index contributed by atoms with van der Waals surface area (Å²) in [5.41, 5.74) is 0.604. The maximum absolute atomic E-state index is 12.5. The third-order valence-corrected chi connectivity index (χ3v) is 4.64. The van der Waals surface area contributed by atoms with Crippen LogP contribution in [0.5, 0.6) is 0 Å². The van der Waals surface area contributed by atoms with Crippen LogP contribution in [0.15, 0.2) is 18.2 Å². The average Bonchev–Trinajstić information content (AvgIpc) is 3.32. The molecule has 25 heavy (non-hydrogen) atoms. The second-order valence-corrected chi connectivity index (χ2v) is 6.32. The van der Waals surface area contributed by atoms with Crippen molar-refractivity contribution in [1.29, 1.82) is 0 Å². The van der Waals surface area contributed by atoms with Crippen molar-refractivity contribution in [1.82, 2.24) is 4.90 Å². The summed E-state index contributed by atoms with van der Waals surface area (Å²) in [7, 11) is 0. The highest BCUT2D eigenvalue weighted by atomic mass is 16.6. The fourth-order valence-electron chi connectivity index (χ4n) is 3.30. The monoisotopic (exact) mass is 347 g/mol. The number of anilines is 1. The first-order valence-corrected chi connectivity index (χ1v) is 8.54. The van der Waals surface area contributed by atoms with Crippen molar-refractivity contribution in [3.63, 3.8) is 0 Å². The molecule has 2 heterocycles. The van der Waals surface area contributed by atoms with E-state index < -0.39 is 10.9 Å². The fraction of sp³-hybridized carbons (Fsp3) is 0.529. The Hall–Kier alpha value is -2.64. The van der Waals surface area contributed by atoms with Crippen LogP contribution < -0.4 is 4.90 Å². The van der Waals surface area contributed by atoms with Crippen LogP contribution in [0.1, 0.15) is 36.0 Å². The van der Waals surface area contributed by atoms with E-state index in [4.69, 9.17) is 4.74 Å². The lowest BCUT2D eigenvalue weighted by molar-refractivity contribution is -0.384. The van der Waals surface area contributed by atoms with E-state index in [1.165, 1.54) is 12.1 Å². The molecule has 0 saturated carbocycles. The van der Waals surface area contributed by atoms with Crippen LogP contribution >= 0.6 is 0 Å². The van der Waals surface area contributed by atoms with Gasteiger partial charge in [-0.25, -0.2) is 4.79 Å². The summed E-state index contributed by atoms with van der Waals surface area (Å²) in [6.07, 6.45) is 3.95. The molecule has 0 unspecified atom stereocenters. The first-order valence-electron chi connectivity index (χ1n) is 8.54. The van der Waals surface area contributed by atoms with E-state index in [0.717, 1.165) is 38.8 Å². The average molecular weight is 347 g/mol. The first-order chi connectivity index (χ1) is 12.1. The van der Waals surface area contributed by atoms with Crippen LogP contribution in [0, 0.1) is 10.1 Å². The van der Waals surface area contributed by atoms with E-state index in [-0.39, 0.29) is 23.8 Å². The Bertz CT molecular complexity index is 679. The molecule has 0 aliphatic carbocycles. The normalized spacial score (nSPS) is 17.0. The largest absolute Gasteiger partial charge is 0.452 e. The van der Waals surface area contributed by atoms with Gasteiger partial charge in [0, 0.05) is 38.3 Å². The molecule has 0 atom stereocenters. The number of non-ortho nitro benzene ring substituents is 1. The lowest BCUT2D eigenvalue weighted by Gasteiger charge is -2.21. The molecule has 0 radical (unpaired) electrons. The molecule has 2 aliphatic heterocycles. The van der Waals surface area contributed by atoms with E-state index in [0.29, 0.717) is 18.8 Å². The van der Waals surface area contributed by atoms with Crippen LogP contribution in [0.3, 0.4) is 0 Å². The van der Waals surface area contributed by atoms with Crippen molar-refractivity contribution in [2.24, 2.45) is 0 Å². The number of carbonyl (C=O) groups is 2. The second kappa shape index (κ2) is 7.50. The maximum Gasteiger partial charge on any atom is 0.341 e. The van der Waals surface area contributed by atoms with Gasteiger partial charge in [0.1, 0.15) is 0 Å². The zero-order valence-corrected chi connectivity index (χ0v) is 14.0. The van der Waals surface area contributed by atoms with Crippen molar-refractivity contribution in [3.8, 4) is 0 Å². The Kier molecular flexibility index (Phi) is 5.16. The summed E-state index contributed by atoms with van der Waals surface area (Å²) < 4.78 is 5.16. The van der Waals surface area contributed by atoms with Gasteiger partial charge in [0.05, 0.1) is 16.2 Å². The number of ether oxygens (including phenoxy) is 1. The van der Waals surface area contributed by atoms with Gasteiger partial charge < -0.3 is 14.5 Å². The number of nitro benzene ring substituents is 1. The number of rotatable bonds is 5. The van der Waals surface area contributed by atoms with Gasteiger partial charge in [-0.1, -0.05) is 0 Å². The zero-order chi connectivity index (χ0) is 17.8. The topological polar surface area (TPSA) is 93.0 Å². The summed E-state index contributed by atoms with van der Waals surface area (Å²) in [6, 6.07) is 4.21. The van der Waals surface area contributed by atoms with Crippen LogP contribution in [-0.4, -0.2) is 54.5 Å². The second-order valence-electron chi connectivity index (χ2n) is 6.32. The number of nitro groups is 1. The minimum Gasteiger partial charge on any atom is -0.452 e. The van der Waals surface area contributed by atoms with E-state index >= 15 is 0 Å². The maximum atomic E-state index is 12.5. The summed E-state index contributed by atoms with van der Waals surface area (Å²) in [5.74, 6) is -0.919. The summed E-state index contributed by atoms with van der Waals surface area (Å²) in [5, 5.41) is 11.0.